The predicted octanol–water partition coefficient (Wildman–Crippen LogP) is 6.00. The van der Waals surface area contributed by atoms with Crippen LogP contribution >= 0.6 is 46.1 Å². The molecule has 0 amide bonds. The Morgan fingerprint density at radius 1 is 1.06 bits per heavy atom. The van der Waals surface area contributed by atoms with Gasteiger partial charge in [0.05, 0.1) is 9.71 Å². The molecule has 90 valence electrons. The number of rotatable bonds is 2. The van der Waals surface area contributed by atoms with E-state index >= 15 is 0 Å². The van der Waals surface area contributed by atoms with E-state index in [4.69, 9.17) is 34.8 Å². The molecular formula is C13H11Cl3S. The maximum atomic E-state index is 6.45. The minimum atomic E-state index is -0.165. The van der Waals surface area contributed by atoms with Crippen molar-refractivity contribution in [3.63, 3.8) is 0 Å². The van der Waals surface area contributed by atoms with Crippen molar-refractivity contribution in [1.29, 1.82) is 0 Å². The summed E-state index contributed by atoms with van der Waals surface area (Å²) in [5, 5.41) is 0.597. The van der Waals surface area contributed by atoms with Gasteiger partial charge in [-0.2, -0.15) is 0 Å². The van der Waals surface area contributed by atoms with Crippen LogP contribution in [0.2, 0.25) is 9.36 Å². The summed E-state index contributed by atoms with van der Waals surface area (Å²) in [6.07, 6.45) is 0. The zero-order chi connectivity index (χ0) is 12.6. The molecule has 0 fully saturated rings. The number of hydrogen-bond acceptors (Lipinski definition) is 1. The molecule has 1 heterocycles. The Balaban J connectivity index is 2.36. The van der Waals surface area contributed by atoms with E-state index in [1.807, 2.05) is 38.1 Å². The molecule has 0 saturated heterocycles. The van der Waals surface area contributed by atoms with E-state index in [1.165, 1.54) is 11.3 Å². The number of thiophene rings is 1. The van der Waals surface area contributed by atoms with E-state index in [1.54, 1.807) is 0 Å². The lowest BCUT2D eigenvalue weighted by atomic mass is 10.1. The fraction of sp³-hybridized carbons (Fsp3) is 0.231. The third kappa shape index (κ3) is 2.79. The van der Waals surface area contributed by atoms with E-state index in [0.717, 1.165) is 30.9 Å². The van der Waals surface area contributed by atoms with Gasteiger partial charge in [0.2, 0.25) is 0 Å². The van der Waals surface area contributed by atoms with Gasteiger partial charge in [0.15, 0.2) is 0 Å². The van der Waals surface area contributed by atoms with E-state index in [2.05, 4.69) is 0 Å². The van der Waals surface area contributed by atoms with Crippen LogP contribution in [0.25, 0.3) is 0 Å². The highest BCUT2D eigenvalue weighted by Gasteiger charge is 2.15. The highest BCUT2D eigenvalue weighted by Crippen LogP contribution is 2.38. The fourth-order valence-corrected chi connectivity index (χ4v) is 3.27. The molecule has 1 aromatic carbocycles. The molecule has 2 aromatic rings. The smallest absolute Gasteiger partial charge is 0.0960 e. The molecular weight excluding hydrogens is 295 g/mol. The van der Waals surface area contributed by atoms with Crippen molar-refractivity contribution >= 4 is 46.1 Å². The van der Waals surface area contributed by atoms with E-state index in [9.17, 15) is 0 Å². The standard InChI is InChI=1S/C13H11Cl3S/c1-7-5-9(3-4-10(7)14)12(15)11-6-8(2)13(16)17-11/h3-6,12H,1-2H3. The second kappa shape index (κ2) is 5.19. The summed E-state index contributed by atoms with van der Waals surface area (Å²) >= 11 is 20.0. The summed E-state index contributed by atoms with van der Waals surface area (Å²) in [5.74, 6) is 0. The lowest BCUT2D eigenvalue weighted by Crippen LogP contribution is -1.91. The average Bonchev–Trinajstić information content (AvgIpc) is 2.62. The molecule has 1 aromatic heterocycles. The second-order valence-electron chi connectivity index (χ2n) is 3.98. The summed E-state index contributed by atoms with van der Waals surface area (Å²) < 4.78 is 0.802. The van der Waals surface area contributed by atoms with Gasteiger partial charge in [-0.1, -0.05) is 35.3 Å². The summed E-state index contributed by atoms with van der Waals surface area (Å²) in [5.41, 5.74) is 3.16. The highest BCUT2D eigenvalue weighted by atomic mass is 35.5. The quantitative estimate of drug-likeness (QED) is 0.597. The zero-order valence-corrected chi connectivity index (χ0v) is 12.5. The molecule has 4 heteroatoms. The van der Waals surface area contributed by atoms with Gasteiger partial charge in [-0.05, 0) is 42.7 Å². The van der Waals surface area contributed by atoms with Gasteiger partial charge in [0, 0.05) is 9.90 Å². The molecule has 0 aliphatic rings. The third-order valence-corrected chi connectivity index (χ3v) is 5.26. The molecule has 1 atom stereocenters. The van der Waals surface area contributed by atoms with Crippen LogP contribution in [0.1, 0.15) is 26.9 Å². The summed E-state index contributed by atoms with van der Waals surface area (Å²) in [6, 6.07) is 7.89. The summed E-state index contributed by atoms with van der Waals surface area (Å²) in [7, 11) is 0. The van der Waals surface area contributed by atoms with Crippen molar-refractivity contribution in [1.82, 2.24) is 0 Å². The second-order valence-corrected chi connectivity index (χ2v) is 6.51. The Labute approximate surface area is 120 Å². The third-order valence-electron chi connectivity index (χ3n) is 2.60. The van der Waals surface area contributed by atoms with Crippen LogP contribution in [-0.4, -0.2) is 0 Å². The van der Waals surface area contributed by atoms with Gasteiger partial charge < -0.3 is 0 Å². The molecule has 0 aliphatic carbocycles. The normalized spacial score (nSPS) is 12.8. The summed E-state index contributed by atoms with van der Waals surface area (Å²) in [4.78, 5) is 1.07. The molecule has 0 nitrogen and oxygen atoms in total. The van der Waals surface area contributed by atoms with Gasteiger partial charge >= 0.3 is 0 Å². The Kier molecular flexibility index (Phi) is 4.04. The SMILES string of the molecule is Cc1cc(C(Cl)c2cc(C)c(Cl)s2)ccc1Cl. The van der Waals surface area contributed by atoms with Gasteiger partial charge in [-0.25, -0.2) is 0 Å². The van der Waals surface area contributed by atoms with Crippen LogP contribution < -0.4 is 0 Å². The van der Waals surface area contributed by atoms with E-state index < -0.39 is 0 Å². The van der Waals surface area contributed by atoms with E-state index in [0.29, 0.717) is 0 Å². The molecule has 1 unspecified atom stereocenters. The molecule has 0 spiro atoms. The Morgan fingerprint density at radius 3 is 2.29 bits per heavy atom. The first-order valence-corrected chi connectivity index (χ1v) is 7.16. The van der Waals surface area contributed by atoms with E-state index in [-0.39, 0.29) is 5.38 Å². The molecule has 2 rings (SSSR count). The Bertz CT molecular complexity index is 526. The predicted molar refractivity (Wildman–Crippen MR) is 78.0 cm³/mol. The first kappa shape index (κ1) is 13.2. The van der Waals surface area contributed by atoms with Crippen LogP contribution in [0.3, 0.4) is 0 Å². The molecule has 0 aliphatic heterocycles. The molecule has 0 radical (unpaired) electrons. The van der Waals surface area contributed by atoms with Gasteiger partial charge in [0.25, 0.3) is 0 Å². The van der Waals surface area contributed by atoms with Crippen molar-refractivity contribution in [2.45, 2.75) is 19.2 Å². The van der Waals surface area contributed by atoms with Crippen molar-refractivity contribution in [2.24, 2.45) is 0 Å². The van der Waals surface area contributed by atoms with Gasteiger partial charge in [-0.3, -0.25) is 0 Å². The lowest BCUT2D eigenvalue weighted by Gasteiger charge is -2.09. The first-order chi connectivity index (χ1) is 7.99. The molecule has 0 saturated carbocycles. The summed E-state index contributed by atoms with van der Waals surface area (Å²) in [6.45, 7) is 3.96. The minimum Gasteiger partial charge on any atom is -0.126 e. The van der Waals surface area contributed by atoms with Crippen LogP contribution in [0.4, 0.5) is 0 Å². The molecule has 0 bridgehead atoms. The maximum absolute atomic E-state index is 6.45. The number of hydrogen-bond donors (Lipinski definition) is 0. The molecule has 17 heavy (non-hydrogen) atoms. The Hall–Kier alpha value is -0.210. The number of aryl methyl sites for hydroxylation is 2. The highest BCUT2D eigenvalue weighted by molar-refractivity contribution is 7.16. The zero-order valence-electron chi connectivity index (χ0n) is 9.43. The van der Waals surface area contributed by atoms with Gasteiger partial charge in [-0.15, -0.1) is 22.9 Å². The average molecular weight is 306 g/mol. The first-order valence-electron chi connectivity index (χ1n) is 5.15. The van der Waals surface area contributed by atoms with Crippen molar-refractivity contribution in [3.05, 3.63) is 55.2 Å². The van der Waals surface area contributed by atoms with Crippen LogP contribution in [-0.2, 0) is 0 Å². The van der Waals surface area contributed by atoms with Crippen LogP contribution in [0.5, 0.6) is 0 Å². The van der Waals surface area contributed by atoms with Crippen LogP contribution in [0.15, 0.2) is 24.3 Å². The van der Waals surface area contributed by atoms with Crippen molar-refractivity contribution < 1.29 is 0 Å². The number of alkyl halides is 1. The Morgan fingerprint density at radius 2 is 1.76 bits per heavy atom. The fourth-order valence-electron chi connectivity index (χ4n) is 1.60. The topological polar surface area (TPSA) is 0 Å². The molecule has 0 N–H and O–H groups in total. The number of halogens is 3. The maximum Gasteiger partial charge on any atom is 0.0960 e. The van der Waals surface area contributed by atoms with Crippen LogP contribution in [0, 0.1) is 13.8 Å². The van der Waals surface area contributed by atoms with Crippen molar-refractivity contribution in [2.75, 3.05) is 0 Å². The van der Waals surface area contributed by atoms with Crippen molar-refractivity contribution in [3.8, 4) is 0 Å². The minimum absolute atomic E-state index is 0.165. The lowest BCUT2D eigenvalue weighted by molar-refractivity contribution is 1.17. The number of benzene rings is 1. The monoisotopic (exact) mass is 304 g/mol. The largest absolute Gasteiger partial charge is 0.126 e. The van der Waals surface area contributed by atoms with Gasteiger partial charge in [0.1, 0.15) is 0 Å².